The van der Waals surface area contributed by atoms with E-state index in [0.717, 1.165) is 0 Å². The molecule has 0 aliphatic heterocycles. The molecule has 58 valence electrons. The van der Waals surface area contributed by atoms with Gasteiger partial charge in [-0.15, -0.1) is 0 Å². The summed E-state index contributed by atoms with van der Waals surface area (Å²) in [6.45, 7) is 1.96. The summed E-state index contributed by atoms with van der Waals surface area (Å²) < 4.78 is 0. The average Bonchev–Trinajstić information content (AvgIpc) is 2.14. The lowest BCUT2D eigenvalue weighted by molar-refractivity contribution is 0.0438. The maximum Gasteiger partial charge on any atom is 0.0805 e. The molecule has 2 N–H and O–H groups in total. The zero-order chi connectivity index (χ0) is 7.56. The van der Waals surface area contributed by atoms with Crippen molar-refractivity contribution in [2.24, 2.45) is 5.92 Å². The summed E-state index contributed by atoms with van der Waals surface area (Å²) in [5.41, 5.74) is 0. The van der Waals surface area contributed by atoms with E-state index in [9.17, 15) is 0 Å². The second-order valence-electron chi connectivity index (χ2n) is 2.89. The molecule has 0 aromatic carbocycles. The van der Waals surface area contributed by atoms with Crippen molar-refractivity contribution in [3.8, 4) is 0 Å². The molecule has 1 aliphatic rings. The summed E-state index contributed by atoms with van der Waals surface area (Å²) in [7, 11) is 0. The van der Waals surface area contributed by atoms with E-state index in [-0.39, 0.29) is 0 Å². The molecule has 2 unspecified atom stereocenters. The lowest BCUT2D eigenvalue weighted by atomic mass is 10.1. The van der Waals surface area contributed by atoms with Crippen LogP contribution in [0.3, 0.4) is 0 Å². The van der Waals surface area contributed by atoms with E-state index in [1.165, 1.54) is 0 Å². The Morgan fingerprint density at radius 3 is 2.10 bits per heavy atom. The minimum absolute atomic E-state index is 0.384. The van der Waals surface area contributed by atoms with Crippen molar-refractivity contribution in [2.45, 2.75) is 32.0 Å². The summed E-state index contributed by atoms with van der Waals surface area (Å²) in [5.74, 6) is 0.384. The summed E-state index contributed by atoms with van der Waals surface area (Å²) in [5, 5.41) is 18.2. The third-order valence-electron chi connectivity index (χ3n) is 2.00. The first-order valence-electron chi connectivity index (χ1n) is 3.73. The Kier molecular flexibility index (Phi) is 2.46. The van der Waals surface area contributed by atoms with Crippen molar-refractivity contribution < 1.29 is 10.2 Å². The fraction of sp³-hybridized carbons (Fsp3) is 0.750. The first kappa shape index (κ1) is 7.76. The first-order valence-corrected chi connectivity index (χ1v) is 3.73. The Balaban J connectivity index is 2.41. The molecule has 0 aromatic rings. The highest BCUT2D eigenvalue weighted by molar-refractivity contribution is 4.94. The largest absolute Gasteiger partial charge is 0.390 e. The standard InChI is InChI=1S/C8H14O2/c1-2-3-6-4-7(9)8(10)5-6/h2-3,6-10H,4-5H2,1H3/b3-2+. The topological polar surface area (TPSA) is 40.5 Å². The second-order valence-corrected chi connectivity index (χ2v) is 2.89. The number of allylic oxidation sites excluding steroid dienone is 2. The number of hydrogen-bond acceptors (Lipinski definition) is 2. The highest BCUT2D eigenvalue weighted by atomic mass is 16.3. The average molecular weight is 142 g/mol. The van der Waals surface area contributed by atoms with Gasteiger partial charge in [-0.3, -0.25) is 0 Å². The van der Waals surface area contributed by atoms with Gasteiger partial charge in [0.05, 0.1) is 12.2 Å². The van der Waals surface area contributed by atoms with Crippen LogP contribution in [0.2, 0.25) is 0 Å². The minimum atomic E-state index is -0.499. The third-order valence-corrected chi connectivity index (χ3v) is 2.00. The van der Waals surface area contributed by atoms with Gasteiger partial charge < -0.3 is 10.2 Å². The van der Waals surface area contributed by atoms with Gasteiger partial charge in [-0.1, -0.05) is 12.2 Å². The third kappa shape index (κ3) is 1.58. The molecule has 1 aliphatic carbocycles. The quantitative estimate of drug-likeness (QED) is 0.529. The van der Waals surface area contributed by atoms with Gasteiger partial charge in [0, 0.05) is 0 Å². The monoisotopic (exact) mass is 142 g/mol. The van der Waals surface area contributed by atoms with E-state index in [1.54, 1.807) is 0 Å². The fourth-order valence-electron chi connectivity index (χ4n) is 1.46. The number of rotatable bonds is 1. The van der Waals surface area contributed by atoms with Gasteiger partial charge >= 0.3 is 0 Å². The molecule has 0 heterocycles. The molecule has 0 saturated heterocycles. The number of hydrogen-bond donors (Lipinski definition) is 2. The number of aliphatic hydroxyl groups is 2. The Bertz CT molecular complexity index is 121. The van der Waals surface area contributed by atoms with Crippen LogP contribution in [0.5, 0.6) is 0 Å². The van der Waals surface area contributed by atoms with Gasteiger partial charge in [0.1, 0.15) is 0 Å². The predicted octanol–water partition coefficient (Wildman–Crippen LogP) is 0.694. The molecular formula is C8H14O2. The molecule has 10 heavy (non-hydrogen) atoms. The minimum Gasteiger partial charge on any atom is -0.390 e. The molecule has 0 aromatic heterocycles. The zero-order valence-electron chi connectivity index (χ0n) is 6.20. The van der Waals surface area contributed by atoms with Crippen LogP contribution < -0.4 is 0 Å². The van der Waals surface area contributed by atoms with Crippen molar-refractivity contribution in [2.75, 3.05) is 0 Å². The molecule has 2 atom stereocenters. The molecule has 1 rings (SSSR count). The summed E-state index contributed by atoms with van der Waals surface area (Å²) >= 11 is 0. The van der Waals surface area contributed by atoms with Crippen LogP contribution >= 0.6 is 0 Å². The Morgan fingerprint density at radius 1 is 1.20 bits per heavy atom. The van der Waals surface area contributed by atoms with Crippen LogP contribution in [-0.2, 0) is 0 Å². The van der Waals surface area contributed by atoms with Crippen LogP contribution in [0.15, 0.2) is 12.2 Å². The van der Waals surface area contributed by atoms with Crippen molar-refractivity contribution in [1.82, 2.24) is 0 Å². The highest BCUT2D eigenvalue weighted by Gasteiger charge is 2.29. The van der Waals surface area contributed by atoms with E-state index in [4.69, 9.17) is 10.2 Å². The van der Waals surface area contributed by atoms with Gasteiger partial charge in [-0.2, -0.15) is 0 Å². The molecule has 2 nitrogen and oxygen atoms in total. The Morgan fingerprint density at radius 2 is 1.70 bits per heavy atom. The normalized spacial score (nSPS) is 41.3. The van der Waals surface area contributed by atoms with Crippen LogP contribution in [0.1, 0.15) is 19.8 Å². The lowest BCUT2D eigenvalue weighted by Crippen LogP contribution is -2.17. The molecule has 1 fully saturated rings. The van der Waals surface area contributed by atoms with E-state index < -0.39 is 12.2 Å². The van der Waals surface area contributed by atoms with Gasteiger partial charge in [-0.05, 0) is 25.7 Å². The predicted molar refractivity (Wildman–Crippen MR) is 39.6 cm³/mol. The van der Waals surface area contributed by atoms with Crippen molar-refractivity contribution in [3.05, 3.63) is 12.2 Å². The summed E-state index contributed by atoms with van der Waals surface area (Å²) in [4.78, 5) is 0. The van der Waals surface area contributed by atoms with Crippen molar-refractivity contribution in [1.29, 1.82) is 0 Å². The highest BCUT2D eigenvalue weighted by Crippen LogP contribution is 2.26. The van der Waals surface area contributed by atoms with E-state index in [2.05, 4.69) is 0 Å². The maximum atomic E-state index is 9.11. The Hall–Kier alpha value is -0.340. The van der Waals surface area contributed by atoms with E-state index >= 15 is 0 Å². The zero-order valence-corrected chi connectivity index (χ0v) is 6.20. The van der Waals surface area contributed by atoms with Crippen LogP contribution in [0.4, 0.5) is 0 Å². The SMILES string of the molecule is C/C=C/C1CC(O)C(O)C1. The maximum absolute atomic E-state index is 9.11. The van der Waals surface area contributed by atoms with Crippen molar-refractivity contribution >= 4 is 0 Å². The van der Waals surface area contributed by atoms with Crippen LogP contribution in [0, 0.1) is 5.92 Å². The Labute approximate surface area is 61.2 Å². The van der Waals surface area contributed by atoms with Gasteiger partial charge in [-0.25, -0.2) is 0 Å². The van der Waals surface area contributed by atoms with Crippen molar-refractivity contribution in [3.63, 3.8) is 0 Å². The fourth-order valence-corrected chi connectivity index (χ4v) is 1.46. The van der Waals surface area contributed by atoms with Gasteiger partial charge in [0.25, 0.3) is 0 Å². The molecular weight excluding hydrogens is 128 g/mol. The first-order chi connectivity index (χ1) is 4.74. The van der Waals surface area contributed by atoms with Crippen LogP contribution in [-0.4, -0.2) is 22.4 Å². The summed E-state index contributed by atoms with van der Waals surface area (Å²) in [6.07, 6.45) is 4.44. The molecule has 1 saturated carbocycles. The van der Waals surface area contributed by atoms with Crippen LogP contribution in [0.25, 0.3) is 0 Å². The number of aliphatic hydroxyl groups excluding tert-OH is 2. The molecule has 2 heteroatoms. The molecule has 0 spiro atoms. The smallest absolute Gasteiger partial charge is 0.0805 e. The molecule has 0 amide bonds. The van der Waals surface area contributed by atoms with Gasteiger partial charge in [0.15, 0.2) is 0 Å². The van der Waals surface area contributed by atoms with Gasteiger partial charge in [0.2, 0.25) is 0 Å². The van der Waals surface area contributed by atoms with E-state index in [1.807, 2.05) is 19.1 Å². The lowest BCUT2D eigenvalue weighted by Gasteiger charge is -2.03. The van der Waals surface area contributed by atoms with E-state index in [0.29, 0.717) is 18.8 Å². The molecule has 0 radical (unpaired) electrons. The second kappa shape index (κ2) is 3.17. The molecule has 0 bridgehead atoms. The summed E-state index contributed by atoms with van der Waals surface area (Å²) in [6, 6.07) is 0.